The summed E-state index contributed by atoms with van der Waals surface area (Å²) < 4.78 is 1.91. The molecule has 0 fully saturated rings. The summed E-state index contributed by atoms with van der Waals surface area (Å²) in [7, 11) is 0. The molecule has 28 heavy (non-hydrogen) atoms. The number of aromatic nitrogens is 3. The maximum atomic E-state index is 4.78. The van der Waals surface area contributed by atoms with Gasteiger partial charge in [0.25, 0.3) is 0 Å². The summed E-state index contributed by atoms with van der Waals surface area (Å²) in [6.45, 7) is 6.29. The molecule has 0 atom stereocenters. The molecule has 0 unspecified atom stereocenters. The first-order valence-corrected chi connectivity index (χ1v) is 9.94. The van der Waals surface area contributed by atoms with Crippen LogP contribution in [0.1, 0.15) is 36.7 Å². The van der Waals surface area contributed by atoms with E-state index in [1.165, 1.54) is 18.4 Å². The molecule has 0 spiro atoms. The number of fused-ring (bicyclic) bond motifs is 1. The van der Waals surface area contributed by atoms with Crippen molar-refractivity contribution in [3.8, 4) is 11.1 Å². The van der Waals surface area contributed by atoms with Gasteiger partial charge in [-0.3, -0.25) is 0 Å². The fourth-order valence-corrected chi connectivity index (χ4v) is 3.56. The van der Waals surface area contributed by atoms with Gasteiger partial charge in [-0.1, -0.05) is 55.8 Å². The van der Waals surface area contributed by atoms with Crippen LogP contribution in [0.5, 0.6) is 0 Å². The summed E-state index contributed by atoms with van der Waals surface area (Å²) in [6, 6.07) is 21.1. The van der Waals surface area contributed by atoms with Crippen molar-refractivity contribution >= 4 is 17.2 Å². The Bertz CT molecular complexity index is 1080. The molecule has 0 saturated heterocycles. The summed E-state index contributed by atoms with van der Waals surface area (Å²) in [6.07, 6.45) is 3.58. The van der Waals surface area contributed by atoms with Gasteiger partial charge in [0.1, 0.15) is 5.82 Å². The van der Waals surface area contributed by atoms with Crippen molar-refractivity contribution in [2.24, 2.45) is 0 Å². The Morgan fingerprint density at radius 3 is 2.43 bits per heavy atom. The molecule has 0 amide bonds. The number of hydrogen-bond acceptors (Lipinski definition) is 3. The fraction of sp³-hybridized carbons (Fsp3) is 0.250. The van der Waals surface area contributed by atoms with E-state index in [9.17, 15) is 0 Å². The predicted molar refractivity (Wildman–Crippen MR) is 116 cm³/mol. The largest absolute Gasteiger partial charge is 0.340 e. The van der Waals surface area contributed by atoms with E-state index in [0.717, 1.165) is 46.1 Å². The van der Waals surface area contributed by atoms with Crippen molar-refractivity contribution in [1.29, 1.82) is 0 Å². The van der Waals surface area contributed by atoms with Crippen molar-refractivity contribution in [2.75, 3.05) is 5.32 Å². The zero-order valence-electron chi connectivity index (χ0n) is 16.7. The predicted octanol–water partition coefficient (Wildman–Crippen LogP) is 6.10. The van der Waals surface area contributed by atoms with Crippen LogP contribution in [0.2, 0.25) is 0 Å². The lowest BCUT2D eigenvalue weighted by Gasteiger charge is -2.10. The van der Waals surface area contributed by atoms with E-state index in [0.29, 0.717) is 0 Å². The Hall–Kier alpha value is -3.14. The summed E-state index contributed by atoms with van der Waals surface area (Å²) in [5.74, 6) is 0.925. The number of rotatable bonds is 6. The third-order valence-corrected chi connectivity index (χ3v) is 5.00. The second-order valence-corrected chi connectivity index (χ2v) is 7.27. The average molecular weight is 371 g/mol. The van der Waals surface area contributed by atoms with Crippen molar-refractivity contribution < 1.29 is 0 Å². The molecule has 4 rings (SSSR count). The highest BCUT2D eigenvalue weighted by Gasteiger charge is 2.16. The summed E-state index contributed by atoms with van der Waals surface area (Å²) in [5.41, 5.74) is 7.48. The molecule has 0 aliphatic heterocycles. The van der Waals surface area contributed by atoms with Gasteiger partial charge in [0.05, 0.1) is 5.69 Å². The minimum absolute atomic E-state index is 0.880. The smallest absolute Gasteiger partial charge is 0.165 e. The molecule has 0 aliphatic rings. The zero-order valence-corrected chi connectivity index (χ0v) is 16.7. The molecule has 4 heteroatoms. The van der Waals surface area contributed by atoms with E-state index >= 15 is 0 Å². The van der Waals surface area contributed by atoms with Crippen molar-refractivity contribution in [1.82, 2.24) is 14.6 Å². The van der Waals surface area contributed by atoms with E-state index in [4.69, 9.17) is 10.1 Å². The molecule has 4 nitrogen and oxygen atoms in total. The fourth-order valence-electron chi connectivity index (χ4n) is 3.56. The summed E-state index contributed by atoms with van der Waals surface area (Å²) >= 11 is 0. The van der Waals surface area contributed by atoms with Gasteiger partial charge in [0.2, 0.25) is 0 Å². The highest BCUT2D eigenvalue weighted by atomic mass is 15.3. The van der Waals surface area contributed by atoms with Crippen molar-refractivity contribution in [3.05, 3.63) is 77.6 Å². The Balaban J connectivity index is 1.72. The van der Waals surface area contributed by atoms with Crippen LogP contribution in [-0.4, -0.2) is 14.6 Å². The molecule has 2 aromatic carbocycles. The standard InChI is InChI=1S/C24H26N4/c1-4-5-9-19-12-14-21(15-13-19)26-22-16-17(2)25-24-23(18(3)27-28(22)24)20-10-7-6-8-11-20/h6-8,10-16,26H,4-5,9H2,1-3H3. The monoisotopic (exact) mass is 370 g/mol. The SMILES string of the molecule is CCCCc1ccc(Nc2cc(C)nc3c(-c4ccccc4)c(C)nn23)cc1. The van der Waals surface area contributed by atoms with Crippen LogP contribution in [0.4, 0.5) is 11.5 Å². The van der Waals surface area contributed by atoms with Gasteiger partial charge in [0, 0.05) is 23.0 Å². The number of anilines is 2. The number of unbranched alkanes of at least 4 members (excludes halogenated alkanes) is 1. The van der Waals surface area contributed by atoms with Gasteiger partial charge in [-0.25, -0.2) is 4.98 Å². The molecule has 1 N–H and O–H groups in total. The van der Waals surface area contributed by atoms with E-state index in [2.05, 4.69) is 48.6 Å². The number of nitrogens with one attached hydrogen (secondary N) is 1. The topological polar surface area (TPSA) is 42.2 Å². The van der Waals surface area contributed by atoms with Gasteiger partial charge < -0.3 is 5.32 Å². The molecule has 0 aliphatic carbocycles. The van der Waals surface area contributed by atoms with Crippen LogP contribution in [-0.2, 0) is 6.42 Å². The zero-order chi connectivity index (χ0) is 19.5. The second kappa shape index (κ2) is 7.85. The normalized spacial score (nSPS) is 11.1. The lowest BCUT2D eigenvalue weighted by atomic mass is 10.1. The maximum Gasteiger partial charge on any atom is 0.165 e. The van der Waals surface area contributed by atoms with Crippen LogP contribution in [0, 0.1) is 13.8 Å². The van der Waals surface area contributed by atoms with Gasteiger partial charge in [-0.05, 0) is 49.9 Å². The Morgan fingerprint density at radius 1 is 0.964 bits per heavy atom. The van der Waals surface area contributed by atoms with E-state index in [-0.39, 0.29) is 0 Å². The quantitative estimate of drug-likeness (QED) is 0.446. The lowest BCUT2D eigenvalue weighted by Crippen LogP contribution is -2.02. The number of hydrogen-bond donors (Lipinski definition) is 1. The molecular formula is C24H26N4. The van der Waals surface area contributed by atoms with Crippen molar-refractivity contribution in [3.63, 3.8) is 0 Å². The Kier molecular flexibility index (Phi) is 5.11. The van der Waals surface area contributed by atoms with Gasteiger partial charge in [0.15, 0.2) is 5.65 Å². The molecule has 0 radical (unpaired) electrons. The van der Waals surface area contributed by atoms with Crippen LogP contribution in [0.15, 0.2) is 60.7 Å². The number of nitrogens with zero attached hydrogens (tertiary/aromatic N) is 3. The number of benzene rings is 2. The molecule has 2 heterocycles. The molecule has 2 aromatic heterocycles. The minimum Gasteiger partial charge on any atom is -0.340 e. The Morgan fingerprint density at radius 2 is 1.71 bits per heavy atom. The third-order valence-electron chi connectivity index (χ3n) is 5.00. The van der Waals surface area contributed by atoms with Crippen LogP contribution >= 0.6 is 0 Å². The van der Waals surface area contributed by atoms with Crippen molar-refractivity contribution in [2.45, 2.75) is 40.0 Å². The van der Waals surface area contributed by atoms with E-state index in [1.807, 2.05) is 42.6 Å². The van der Waals surface area contributed by atoms with E-state index in [1.54, 1.807) is 0 Å². The first-order chi connectivity index (χ1) is 13.7. The first-order valence-electron chi connectivity index (χ1n) is 9.94. The average Bonchev–Trinajstić information content (AvgIpc) is 3.04. The summed E-state index contributed by atoms with van der Waals surface area (Å²) in [4.78, 5) is 4.78. The maximum absolute atomic E-state index is 4.78. The van der Waals surface area contributed by atoms with Crippen LogP contribution < -0.4 is 5.32 Å². The van der Waals surface area contributed by atoms with Gasteiger partial charge >= 0.3 is 0 Å². The number of aryl methyl sites for hydroxylation is 3. The first kappa shape index (κ1) is 18.2. The summed E-state index contributed by atoms with van der Waals surface area (Å²) in [5, 5.41) is 8.30. The van der Waals surface area contributed by atoms with Gasteiger partial charge in [-0.15, -0.1) is 0 Å². The van der Waals surface area contributed by atoms with Crippen LogP contribution in [0.25, 0.3) is 16.8 Å². The highest BCUT2D eigenvalue weighted by molar-refractivity contribution is 5.81. The molecule has 0 saturated carbocycles. The van der Waals surface area contributed by atoms with Gasteiger partial charge in [-0.2, -0.15) is 9.61 Å². The Labute approximate surface area is 166 Å². The highest BCUT2D eigenvalue weighted by Crippen LogP contribution is 2.30. The molecule has 4 aromatic rings. The molecule has 0 bridgehead atoms. The van der Waals surface area contributed by atoms with Crippen LogP contribution in [0.3, 0.4) is 0 Å². The third kappa shape index (κ3) is 3.63. The lowest BCUT2D eigenvalue weighted by molar-refractivity contribution is 0.795. The molecular weight excluding hydrogens is 344 g/mol. The second-order valence-electron chi connectivity index (χ2n) is 7.27. The minimum atomic E-state index is 0.880. The van der Waals surface area contributed by atoms with E-state index < -0.39 is 0 Å². The molecule has 142 valence electrons.